The Bertz CT molecular complexity index is 303. The van der Waals surface area contributed by atoms with Crippen LogP contribution < -0.4 is 5.32 Å². The highest BCUT2D eigenvalue weighted by Gasteiger charge is 2.05. The van der Waals surface area contributed by atoms with E-state index in [1.54, 1.807) is 23.5 Å². The van der Waals surface area contributed by atoms with Crippen LogP contribution in [0, 0.1) is 0 Å². The molecule has 3 heteroatoms. The zero-order chi connectivity index (χ0) is 10.4. The molecule has 0 saturated heterocycles. The van der Waals surface area contributed by atoms with Crippen molar-refractivity contribution in [3.8, 4) is 0 Å². The van der Waals surface area contributed by atoms with Crippen LogP contribution in [0.3, 0.4) is 0 Å². The Hall–Kier alpha value is -1.09. The zero-order valence-electron chi connectivity index (χ0n) is 8.49. The van der Waals surface area contributed by atoms with Crippen molar-refractivity contribution in [1.82, 2.24) is 5.32 Å². The lowest BCUT2D eigenvalue weighted by Crippen LogP contribution is -2.32. The fourth-order valence-electron chi connectivity index (χ4n) is 1.22. The summed E-state index contributed by atoms with van der Waals surface area (Å²) in [5, 5.41) is 4.95. The summed E-state index contributed by atoms with van der Waals surface area (Å²) in [5.41, 5.74) is 0. The second-order valence-corrected chi connectivity index (χ2v) is 4.23. The number of amides is 1. The molecule has 1 unspecified atom stereocenters. The highest BCUT2D eigenvalue weighted by atomic mass is 32.1. The molecule has 1 aromatic rings. The number of thiophene rings is 1. The predicted molar refractivity (Wildman–Crippen MR) is 60.4 cm³/mol. The lowest BCUT2D eigenvalue weighted by atomic mass is 10.2. The summed E-state index contributed by atoms with van der Waals surface area (Å²) in [7, 11) is 0. The van der Waals surface area contributed by atoms with E-state index >= 15 is 0 Å². The molecule has 76 valence electrons. The Kier molecular flexibility index (Phi) is 4.40. The molecule has 0 aliphatic rings. The second-order valence-electron chi connectivity index (χ2n) is 3.19. The monoisotopic (exact) mass is 209 g/mol. The number of allylic oxidation sites excluding steroid dienone is 1. The van der Waals surface area contributed by atoms with E-state index in [2.05, 4.69) is 16.8 Å². The molecule has 1 aromatic heterocycles. The first-order valence-corrected chi connectivity index (χ1v) is 5.56. The van der Waals surface area contributed by atoms with Crippen LogP contribution in [0.15, 0.2) is 29.7 Å². The smallest absolute Gasteiger partial charge is 0.243 e. The molecule has 1 N–H and O–H groups in total. The molecule has 0 aliphatic carbocycles. The van der Waals surface area contributed by atoms with E-state index in [4.69, 9.17) is 0 Å². The molecule has 14 heavy (non-hydrogen) atoms. The average Bonchev–Trinajstić information content (AvgIpc) is 2.56. The van der Waals surface area contributed by atoms with Crippen LogP contribution in [0.5, 0.6) is 0 Å². The molecule has 0 radical (unpaired) electrons. The molecule has 1 amide bonds. The summed E-state index contributed by atoms with van der Waals surface area (Å²) in [5.74, 6) is -0.0171. The fourth-order valence-corrected chi connectivity index (χ4v) is 2.06. The first-order valence-electron chi connectivity index (χ1n) is 4.68. The molecule has 2 nitrogen and oxygen atoms in total. The highest BCUT2D eigenvalue weighted by molar-refractivity contribution is 7.09. The zero-order valence-corrected chi connectivity index (χ0v) is 9.30. The lowest BCUT2D eigenvalue weighted by Gasteiger charge is -2.10. The molecular weight excluding hydrogens is 194 g/mol. The number of nitrogens with one attached hydrogen (secondary N) is 1. The Labute approximate surface area is 88.6 Å². The van der Waals surface area contributed by atoms with Gasteiger partial charge in [0.2, 0.25) is 5.91 Å². The van der Waals surface area contributed by atoms with Gasteiger partial charge in [-0.25, -0.2) is 0 Å². The Balaban J connectivity index is 2.36. The van der Waals surface area contributed by atoms with Gasteiger partial charge in [0.05, 0.1) is 0 Å². The van der Waals surface area contributed by atoms with Crippen molar-refractivity contribution < 1.29 is 4.79 Å². The molecule has 1 atom stereocenters. The van der Waals surface area contributed by atoms with Gasteiger partial charge in [0.25, 0.3) is 0 Å². The predicted octanol–water partition coefficient (Wildman–Crippen LogP) is 2.37. The maximum Gasteiger partial charge on any atom is 0.243 e. The number of hydrogen-bond donors (Lipinski definition) is 1. The fraction of sp³-hybridized carbons (Fsp3) is 0.364. The van der Waals surface area contributed by atoms with Crippen molar-refractivity contribution in [3.63, 3.8) is 0 Å². The lowest BCUT2D eigenvalue weighted by molar-refractivity contribution is -0.117. The third-order valence-corrected chi connectivity index (χ3v) is 2.69. The molecule has 0 aromatic carbocycles. The summed E-state index contributed by atoms with van der Waals surface area (Å²) < 4.78 is 0. The summed E-state index contributed by atoms with van der Waals surface area (Å²) in [6.07, 6.45) is 4.19. The normalized spacial score (nSPS) is 13.0. The molecule has 0 aliphatic heterocycles. The first kappa shape index (κ1) is 11.0. The Morgan fingerprint density at radius 1 is 1.71 bits per heavy atom. The Morgan fingerprint density at radius 2 is 2.50 bits per heavy atom. The second kappa shape index (κ2) is 5.60. The number of carbonyl (C=O) groups excluding carboxylic acids is 1. The van der Waals surface area contributed by atoms with Gasteiger partial charge in [-0.2, -0.15) is 0 Å². The summed E-state index contributed by atoms with van der Waals surface area (Å²) in [6.45, 7) is 3.85. The van der Waals surface area contributed by atoms with E-state index in [9.17, 15) is 4.79 Å². The number of rotatable bonds is 4. The molecular formula is C11H15NOS. The van der Waals surface area contributed by atoms with Gasteiger partial charge in [0, 0.05) is 17.3 Å². The van der Waals surface area contributed by atoms with Gasteiger partial charge >= 0.3 is 0 Å². The van der Waals surface area contributed by atoms with Gasteiger partial charge in [-0.3, -0.25) is 4.79 Å². The maximum absolute atomic E-state index is 11.2. The van der Waals surface area contributed by atoms with E-state index in [0.29, 0.717) is 0 Å². The average molecular weight is 209 g/mol. The van der Waals surface area contributed by atoms with E-state index in [0.717, 1.165) is 6.42 Å². The summed E-state index contributed by atoms with van der Waals surface area (Å²) in [6, 6.07) is 4.31. The van der Waals surface area contributed by atoms with Crippen LogP contribution in [0.4, 0.5) is 0 Å². The topological polar surface area (TPSA) is 29.1 Å². The quantitative estimate of drug-likeness (QED) is 0.758. The number of hydrogen-bond acceptors (Lipinski definition) is 2. The van der Waals surface area contributed by atoms with Gasteiger partial charge in [-0.05, 0) is 31.4 Å². The third-order valence-electron chi connectivity index (χ3n) is 1.79. The minimum absolute atomic E-state index is 0.0171. The van der Waals surface area contributed by atoms with Crippen LogP contribution in [0.25, 0.3) is 0 Å². The minimum Gasteiger partial charge on any atom is -0.350 e. The van der Waals surface area contributed by atoms with Gasteiger partial charge in [-0.1, -0.05) is 12.1 Å². The highest BCUT2D eigenvalue weighted by Crippen LogP contribution is 2.10. The molecule has 0 fully saturated rings. The van der Waals surface area contributed by atoms with E-state index < -0.39 is 0 Å². The van der Waals surface area contributed by atoms with E-state index in [1.807, 2.05) is 19.9 Å². The minimum atomic E-state index is -0.0171. The van der Waals surface area contributed by atoms with Crippen molar-refractivity contribution in [1.29, 1.82) is 0 Å². The third kappa shape index (κ3) is 3.75. The van der Waals surface area contributed by atoms with Gasteiger partial charge < -0.3 is 5.32 Å². The van der Waals surface area contributed by atoms with Gasteiger partial charge in [0.15, 0.2) is 0 Å². The molecule has 1 rings (SSSR count). The molecule has 0 bridgehead atoms. The standard InChI is InChI=1S/C11H15NOS/c1-3-5-11(13)12-9(2)8-10-6-4-7-14-10/h3-7,9H,8H2,1-2H3,(H,12,13). The molecule has 1 heterocycles. The van der Waals surface area contributed by atoms with E-state index in [1.165, 1.54) is 4.88 Å². The van der Waals surface area contributed by atoms with Gasteiger partial charge in [-0.15, -0.1) is 11.3 Å². The largest absolute Gasteiger partial charge is 0.350 e. The summed E-state index contributed by atoms with van der Waals surface area (Å²) >= 11 is 1.72. The van der Waals surface area contributed by atoms with E-state index in [-0.39, 0.29) is 11.9 Å². The van der Waals surface area contributed by atoms with Crippen molar-refractivity contribution in [2.45, 2.75) is 26.3 Å². The van der Waals surface area contributed by atoms with Crippen molar-refractivity contribution in [2.24, 2.45) is 0 Å². The first-order chi connectivity index (χ1) is 6.72. The van der Waals surface area contributed by atoms with Crippen LogP contribution >= 0.6 is 11.3 Å². The van der Waals surface area contributed by atoms with Crippen LogP contribution in [0.1, 0.15) is 18.7 Å². The maximum atomic E-state index is 11.2. The summed E-state index contributed by atoms with van der Waals surface area (Å²) in [4.78, 5) is 12.5. The molecule has 0 saturated carbocycles. The van der Waals surface area contributed by atoms with Gasteiger partial charge in [0.1, 0.15) is 0 Å². The SMILES string of the molecule is CC=CC(=O)NC(C)Cc1cccs1. The van der Waals surface area contributed by atoms with Crippen molar-refractivity contribution in [3.05, 3.63) is 34.5 Å². The van der Waals surface area contributed by atoms with Crippen LogP contribution in [-0.4, -0.2) is 11.9 Å². The van der Waals surface area contributed by atoms with Crippen LogP contribution in [-0.2, 0) is 11.2 Å². The van der Waals surface area contributed by atoms with Crippen LogP contribution in [0.2, 0.25) is 0 Å². The van der Waals surface area contributed by atoms with Crippen molar-refractivity contribution >= 4 is 17.2 Å². The number of carbonyl (C=O) groups is 1. The molecule has 0 spiro atoms. The Morgan fingerprint density at radius 3 is 3.07 bits per heavy atom. The van der Waals surface area contributed by atoms with Crippen molar-refractivity contribution in [2.75, 3.05) is 0 Å².